The molecule has 0 aliphatic carbocycles. The molecule has 1 aromatic carbocycles. The predicted molar refractivity (Wildman–Crippen MR) is 169 cm³/mol. The fraction of sp³-hybridized carbons (Fsp3) is 0.727. The highest BCUT2D eigenvalue weighted by Crippen LogP contribution is 2.58. The number of benzene rings is 1. The maximum Gasteiger partial charge on any atom is 0.0492 e. The lowest BCUT2D eigenvalue weighted by Crippen LogP contribution is -2.29. The van der Waals surface area contributed by atoms with Crippen molar-refractivity contribution in [1.29, 1.82) is 0 Å². The second kappa shape index (κ2) is 12.0. The Balaban J connectivity index is 3.07. The van der Waals surface area contributed by atoms with Gasteiger partial charge in [-0.3, -0.25) is 0 Å². The van der Waals surface area contributed by atoms with E-state index in [0.29, 0.717) is 0 Å². The molecule has 1 aromatic rings. The maximum absolute atomic E-state index is 2.58. The molecular formula is C22H50P4Si4. The van der Waals surface area contributed by atoms with Crippen LogP contribution < -0.4 is 10.6 Å². The Bertz CT molecular complexity index is 581. The number of rotatable bonds is 12. The molecule has 30 heavy (non-hydrogen) atoms. The zero-order valence-electron chi connectivity index (χ0n) is 22.0. The van der Waals surface area contributed by atoms with Gasteiger partial charge in [0, 0.05) is 32.3 Å². The smallest absolute Gasteiger partial charge is 0.0492 e. The molecule has 0 aliphatic rings. The highest BCUT2D eigenvalue weighted by molar-refractivity contribution is 8.26. The molecule has 0 aromatic heterocycles. The second-order valence-corrected chi connectivity index (χ2v) is 48.0. The van der Waals surface area contributed by atoms with Gasteiger partial charge in [-0.05, 0) is 33.7 Å². The lowest BCUT2D eigenvalue weighted by atomic mass is 10.4. The lowest BCUT2D eigenvalue weighted by molar-refractivity contribution is 1.65. The van der Waals surface area contributed by atoms with Gasteiger partial charge in [-0.15, -0.1) is 0 Å². The van der Waals surface area contributed by atoms with Crippen molar-refractivity contribution in [2.75, 3.05) is 23.1 Å². The Hall–Kier alpha value is 1.81. The molecule has 0 saturated heterocycles. The Morgan fingerprint density at radius 1 is 0.500 bits per heavy atom. The van der Waals surface area contributed by atoms with E-state index >= 15 is 0 Å². The van der Waals surface area contributed by atoms with Gasteiger partial charge in [-0.25, -0.2) is 0 Å². The minimum atomic E-state index is -1.03. The molecule has 0 saturated carbocycles. The summed E-state index contributed by atoms with van der Waals surface area (Å²) < 4.78 is 0. The van der Waals surface area contributed by atoms with Crippen molar-refractivity contribution in [3.8, 4) is 0 Å². The normalized spacial score (nSPS) is 16.7. The van der Waals surface area contributed by atoms with Crippen LogP contribution in [0.1, 0.15) is 0 Å². The van der Waals surface area contributed by atoms with E-state index in [0.717, 1.165) is 0 Å². The molecule has 0 fully saturated rings. The fourth-order valence-electron chi connectivity index (χ4n) is 2.90. The first-order valence-electron chi connectivity index (χ1n) is 11.5. The van der Waals surface area contributed by atoms with Crippen LogP contribution in [0.15, 0.2) is 24.3 Å². The summed E-state index contributed by atoms with van der Waals surface area (Å²) in [6.07, 6.45) is 0. The molecule has 0 heterocycles. The van der Waals surface area contributed by atoms with E-state index in [1.165, 1.54) is 39.7 Å². The zero-order valence-corrected chi connectivity index (χ0v) is 29.8. The molecule has 4 atom stereocenters. The van der Waals surface area contributed by atoms with Crippen LogP contribution in [0.4, 0.5) is 0 Å². The largest absolute Gasteiger partial charge is 0.0944 e. The maximum atomic E-state index is 2.58. The predicted octanol–water partition coefficient (Wildman–Crippen LogP) is 8.60. The summed E-state index contributed by atoms with van der Waals surface area (Å²) >= 11 is 0. The zero-order chi connectivity index (χ0) is 23.4. The van der Waals surface area contributed by atoms with Gasteiger partial charge < -0.3 is 0 Å². The highest BCUT2D eigenvalue weighted by Gasteiger charge is 2.26. The van der Waals surface area contributed by atoms with Crippen molar-refractivity contribution in [1.82, 2.24) is 0 Å². The fourth-order valence-corrected chi connectivity index (χ4v) is 44.1. The Kier molecular flexibility index (Phi) is 11.9. The third-order valence-electron chi connectivity index (χ3n) is 4.34. The van der Waals surface area contributed by atoms with Gasteiger partial charge in [0.1, 0.15) is 0 Å². The van der Waals surface area contributed by atoms with Crippen LogP contribution in [0.25, 0.3) is 0 Å². The van der Waals surface area contributed by atoms with Crippen molar-refractivity contribution in [2.24, 2.45) is 0 Å². The van der Waals surface area contributed by atoms with Gasteiger partial charge in [0.2, 0.25) is 0 Å². The van der Waals surface area contributed by atoms with Crippen LogP contribution in [0.5, 0.6) is 0 Å². The van der Waals surface area contributed by atoms with Crippen molar-refractivity contribution in [3.63, 3.8) is 0 Å². The number of hydrogen-bond acceptors (Lipinski definition) is 0. The molecule has 0 spiro atoms. The molecule has 0 amide bonds. The van der Waals surface area contributed by atoms with E-state index in [-0.39, 0.29) is 15.2 Å². The van der Waals surface area contributed by atoms with Crippen molar-refractivity contribution >= 4 is 74.7 Å². The quantitative estimate of drug-likeness (QED) is 0.181. The Morgan fingerprint density at radius 2 is 0.767 bits per heavy atom. The lowest BCUT2D eigenvalue weighted by Gasteiger charge is -2.30. The van der Waals surface area contributed by atoms with Gasteiger partial charge in [-0.2, -0.15) is 0 Å². The third-order valence-corrected chi connectivity index (χ3v) is 36.3. The number of hydrogen-bond donors (Lipinski definition) is 0. The van der Waals surface area contributed by atoms with Gasteiger partial charge in [0.25, 0.3) is 0 Å². The van der Waals surface area contributed by atoms with Gasteiger partial charge in [0.05, 0.1) is 0 Å². The van der Waals surface area contributed by atoms with E-state index in [1.807, 2.05) is 0 Å². The van der Waals surface area contributed by atoms with E-state index < -0.39 is 32.3 Å². The topological polar surface area (TPSA) is 0 Å². The monoisotopic (exact) mass is 550 g/mol. The molecule has 8 heteroatoms. The van der Waals surface area contributed by atoms with E-state index in [2.05, 4.69) is 103 Å². The molecule has 4 unspecified atom stereocenters. The summed E-state index contributed by atoms with van der Waals surface area (Å²) in [6, 6.07) is 10.3. The van der Waals surface area contributed by atoms with E-state index in [1.54, 1.807) is 10.6 Å². The summed E-state index contributed by atoms with van der Waals surface area (Å²) in [4.78, 5) is 0. The molecule has 0 aliphatic heterocycles. The molecule has 0 radical (unpaired) electrons. The van der Waals surface area contributed by atoms with Crippen molar-refractivity contribution < 1.29 is 0 Å². The first-order valence-corrected chi connectivity index (χ1v) is 33.4. The van der Waals surface area contributed by atoms with Crippen LogP contribution in [-0.4, -0.2) is 55.4 Å². The molecular weight excluding hydrogens is 500 g/mol. The van der Waals surface area contributed by atoms with E-state index in [4.69, 9.17) is 0 Å². The van der Waals surface area contributed by atoms with Crippen LogP contribution >= 0.6 is 31.8 Å². The first kappa shape index (κ1) is 29.8. The van der Waals surface area contributed by atoms with Crippen LogP contribution in [-0.2, 0) is 0 Å². The SMILES string of the molecule is C[Si](C)(C)CPP(C[Si](C)(C)C)c1ccc(P(C[Si](C)(C)C)PC[Si](C)(C)C)cc1. The average molecular weight is 551 g/mol. The summed E-state index contributed by atoms with van der Waals surface area (Å²) in [5.41, 5.74) is 0. The molecule has 0 N–H and O–H groups in total. The van der Waals surface area contributed by atoms with Crippen LogP contribution in [0.2, 0.25) is 78.6 Å². The summed E-state index contributed by atoms with van der Waals surface area (Å²) in [6.45, 7) is 30.7. The molecule has 0 nitrogen and oxygen atoms in total. The van der Waals surface area contributed by atoms with Crippen molar-refractivity contribution in [3.05, 3.63) is 24.3 Å². The Morgan fingerprint density at radius 3 is 0.967 bits per heavy atom. The summed E-state index contributed by atoms with van der Waals surface area (Å²) in [5, 5.41) is 3.42. The summed E-state index contributed by atoms with van der Waals surface area (Å²) in [7, 11) is -1.50. The van der Waals surface area contributed by atoms with Gasteiger partial charge >= 0.3 is 0 Å². The van der Waals surface area contributed by atoms with Crippen molar-refractivity contribution in [2.45, 2.75) is 78.6 Å². The molecule has 0 bridgehead atoms. The van der Waals surface area contributed by atoms with Gasteiger partial charge in [0.15, 0.2) is 0 Å². The standard InChI is InChI=1S/C22H50P4Si4/c1-27(2,3)17-23-25(19-29(7,8)9)21-13-15-22(16-14-21)26(20-30(10,11)12)24-18-28(4,5)6/h13-16,23-24H,17-20H2,1-12H3. The van der Waals surface area contributed by atoms with Crippen LogP contribution in [0, 0.1) is 0 Å². The average Bonchev–Trinajstić information content (AvgIpc) is 2.52. The molecule has 174 valence electrons. The minimum Gasteiger partial charge on any atom is -0.0944 e. The summed E-state index contributed by atoms with van der Waals surface area (Å²) in [5.74, 6) is 6.08. The Labute approximate surface area is 199 Å². The van der Waals surface area contributed by atoms with Gasteiger partial charge in [-0.1, -0.05) is 135 Å². The van der Waals surface area contributed by atoms with Crippen LogP contribution in [0.3, 0.4) is 0 Å². The molecule has 1 rings (SSSR count). The minimum absolute atomic E-state index is 0.0562. The van der Waals surface area contributed by atoms with E-state index in [9.17, 15) is 0 Å². The second-order valence-electron chi connectivity index (χ2n) is 13.6. The first-order chi connectivity index (χ1) is 13.3. The highest BCUT2D eigenvalue weighted by atomic mass is 32.1. The third kappa shape index (κ3) is 14.2.